The largest absolute Gasteiger partial charge is 0.355 e. The Labute approximate surface area is 234 Å². The van der Waals surface area contributed by atoms with E-state index in [0.29, 0.717) is 18.0 Å². The molecule has 10 heteroatoms. The molecule has 202 valence electrons. The average molecular weight is 577 g/mol. The first-order valence-electron chi connectivity index (χ1n) is 12.2. The number of carbonyl (C=O) groups excluding carboxylic acids is 2. The van der Waals surface area contributed by atoms with Crippen molar-refractivity contribution in [3.05, 3.63) is 94.0 Å². The van der Waals surface area contributed by atoms with Crippen LogP contribution in [-0.4, -0.2) is 44.3 Å². The Morgan fingerprint density at radius 1 is 0.947 bits per heavy atom. The molecule has 0 saturated carbocycles. The molecule has 0 fully saturated rings. The summed E-state index contributed by atoms with van der Waals surface area (Å²) >= 11 is 12.5. The maximum absolute atomic E-state index is 13.9. The molecular formula is C28H31Cl2N3O4S. The summed E-state index contributed by atoms with van der Waals surface area (Å²) in [7, 11) is -4.20. The summed E-state index contributed by atoms with van der Waals surface area (Å²) < 4.78 is 28.5. The van der Waals surface area contributed by atoms with Gasteiger partial charge in [0.25, 0.3) is 10.0 Å². The van der Waals surface area contributed by atoms with E-state index in [-0.39, 0.29) is 28.1 Å². The molecule has 3 aromatic carbocycles. The monoisotopic (exact) mass is 575 g/mol. The Balaban J connectivity index is 2.08. The Kier molecular flexibility index (Phi) is 10.2. The fourth-order valence-corrected chi connectivity index (χ4v) is 6.03. The van der Waals surface area contributed by atoms with Crippen molar-refractivity contribution in [3.8, 4) is 0 Å². The predicted molar refractivity (Wildman–Crippen MR) is 152 cm³/mol. The first kappa shape index (κ1) is 29.5. The van der Waals surface area contributed by atoms with Gasteiger partial charge in [0.2, 0.25) is 11.8 Å². The molecule has 1 atom stereocenters. The van der Waals surface area contributed by atoms with Crippen molar-refractivity contribution >= 4 is 50.7 Å². The van der Waals surface area contributed by atoms with Crippen LogP contribution >= 0.6 is 23.2 Å². The fraction of sp³-hybridized carbons (Fsp3) is 0.286. The van der Waals surface area contributed by atoms with Crippen LogP contribution in [0.25, 0.3) is 0 Å². The van der Waals surface area contributed by atoms with Gasteiger partial charge < -0.3 is 10.2 Å². The molecule has 3 aromatic rings. The minimum Gasteiger partial charge on any atom is -0.355 e. The van der Waals surface area contributed by atoms with Gasteiger partial charge in [-0.25, -0.2) is 8.42 Å². The standard InChI is InChI=1S/C28H31Cl2N3O4S/c1-4-25(28(35)31-5-2)32(18-21-13-11-20(3)12-14-21)27(34)19-33(26-16-15-22(29)17-24(26)30)38(36,37)23-9-7-6-8-10-23/h6-17,25H,4-5,18-19H2,1-3H3,(H,31,35). The zero-order chi connectivity index (χ0) is 27.9. The third-order valence-corrected chi connectivity index (χ3v) is 8.31. The van der Waals surface area contributed by atoms with Crippen LogP contribution in [0.3, 0.4) is 0 Å². The van der Waals surface area contributed by atoms with Gasteiger partial charge in [0.1, 0.15) is 12.6 Å². The number of carbonyl (C=O) groups is 2. The van der Waals surface area contributed by atoms with E-state index >= 15 is 0 Å². The van der Waals surface area contributed by atoms with Crippen molar-refractivity contribution in [2.24, 2.45) is 0 Å². The van der Waals surface area contributed by atoms with Gasteiger partial charge in [0, 0.05) is 18.1 Å². The molecule has 0 saturated heterocycles. The molecule has 0 aliphatic rings. The van der Waals surface area contributed by atoms with Gasteiger partial charge in [-0.3, -0.25) is 13.9 Å². The lowest BCUT2D eigenvalue weighted by atomic mass is 10.1. The van der Waals surface area contributed by atoms with E-state index in [4.69, 9.17) is 23.2 Å². The van der Waals surface area contributed by atoms with Gasteiger partial charge >= 0.3 is 0 Å². The Morgan fingerprint density at radius 2 is 1.61 bits per heavy atom. The van der Waals surface area contributed by atoms with E-state index in [1.165, 1.54) is 35.2 Å². The smallest absolute Gasteiger partial charge is 0.264 e. The summed E-state index contributed by atoms with van der Waals surface area (Å²) in [6.45, 7) is 5.52. The number of sulfonamides is 1. The molecule has 0 radical (unpaired) electrons. The molecule has 0 aliphatic heterocycles. The minimum atomic E-state index is -4.20. The number of nitrogens with one attached hydrogen (secondary N) is 1. The number of nitrogens with zero attached hydrogens (tertiary/aromatic N) is 2. The van der Waals surface area contributed by atoms with Gasteiger partial charge in [-0.2, -0.15) is 0 Å². The summed E-state index contributed by atoms with van der Waals surface area (Å²) in [5.41, 5.74) is 1.98. The number of hydrogen-bond donors (Lipinski definition) is 1. The van der Waals surface area contributed by atoms with Crippen molar-refractivity contribution < 1.29 is 18.0 Å². The first-order chi connectivity index (χ1) is 18.1. The number of halogens is 2. The van der Waals surface area contributed by atoms with Gasteiger partial charge in [-0.15, -0.1) is 0 Å². The highest BCUT2D eigenvalue weighted by molar-refractivity contribution is 7.92. The SMILES string of the molecule is CCNC(=O)C(CC)N(Cc1ccc(C)cc1)C(=O)CN(c1ccc(Cl)cc1Cl)S(=O)(=O)c1ccccc1. The van der Waals surface area contributed by atoms with Crippen molar-refractivity contribution in [1.29, 1.82) is 0 Å². The summed E-state index contributed by atoms with van der Waals surface area (Å²) in [5, 5.41) is 3.18. The Morgan fingerprint density at radius 3 is 2.18 bits per heavy atom. The summed E-state index contributed by atoms with van der Waals surface area (Å²) in [6.07, 6.45) is 0.344. The summed E-state index contributed by atoms with van der Waals surface area (Å²) in [4.78, 5) is 28.3. The third kappa shape index (κ3) is 7.07. The molecule has 0 heterocycles. The molecule has 0 aliphatic carbocycles. The minimum absolute atomic E-state index is 0.000307. The molecule has 3 rings (SSSR count). The van der Waals surface area contributed by atoms with Crippen molar-refractivity contribution in [1.82, 2.24) is 10.2 Å². The highest BCUT2D eigenvalue weighted by Gasteiger charge is 2.34. The number of rotatable bonds is 11. The highest BCUT2D eigenvalue weighted by atomic mass is 35.5. The number of hydrogen-bond acceptors (Lipinski definition) is 4. The van der Waals surface area contributed by atoms with Crippen molar-refractivity contribution in [2.45, 2.75) is 44.7 Å². The van der Waals surface area contributed by atoms with E-state index in [9.17, 15) is 18.0 Å². The molecule has 38 heavy (non-hydrogen) atoms. The summed E-state index contributed by atoms with van der Waals surface area (Å²) in [6, 6.07) is 19.0. The average Bonchev–Trinajstić information content (AvgIpc) is 2.89. The van der Waals surface area contributed by atoms with Crippen LogP contribution < -0.4 is 9.62 Å². The number of aryl methyl sites for hydroxylation is 1. The second-order valence-electron chi connectivity index (χ2n) is 8.75. The van der Waals surface area contributed by atoms with Crippen molar-refractivity contribution in [2.75, 3.05) is 17.4 Å². The van der Waals surface area contributed by atoms with Gasteiger partial charge in [0.05, 0.1) is 15.6 Å². The first-order valence-corrected chi connectivity index (χ1v) is 14.4. The third-order valence-electron chi connectivity index (χ3n) is 6.00. The van der Waals surface area contributed by atoms with Crippen LogP contribution in [0.2, 0.25) is 10.0 Å². The van der Waals surface area contributed by atoms with E-state index in [1.807, 2.05) is 38.1 Å². The zero-order valence-electron chi connectivity index (χ0n) is 21.5. The fourth-order valence-electron chi connectivity index (χ4n) is 4.02. The summed E-state index contributed by atoms with van der Waals surface area (Å²) in [5.74, 6) is -0.855. The van der Waals surface area contributed by atoms with E-state index in [2.05, 4.69) is 5.32 Å². The molecule has 0 spiro atoms. The molecule has 7 nitrogen and oxygen atoms in total. The number of likely N-dealkylation sites (N-methyl/N-ethyl adjacent to an activating group) is 1. The topological polar surface area (TPSA) is 86.8 Å². The van der Waals surface area contributed by atoms with Gasteiger partial charge in [0.15, 0.2) is 0 Å². The molecule has 0 bridgehead atoms. The molecule has 1 N–H and O–H groups in total. The number of benzene rings is 3. The Bertz CT molecular complexity index is 1370. The molecule has 0 aromatic heterocycles. The van der Waals surface area contributed by atoms with Gasteiger partial charge in [-0.1, -0.05) is 78.2 Å². The highest BCUT2D eigenvalue weighted by Crippen LogP contribution is 2.33. The van der Waals surface area contributed by atoms with Crippen LogP contribution in [-0.2, 0) is 26.2 Å². The predicted octanol–water partition coefficient (Wildman–Crippen LogP) is 5.44. The van der Waals surface area contributed by atoms with Gasteiger partial charge in [-0.05, 0) is 56.2 Å². The second-order valence-corrected chi connectivity index (χ2v) is 11.5. The van der Waals surface area contributed by atoms with E-state index in [1.54, 1.807) is 25.1 Å². The van der Waals surface area contributed by atoms with E-state index < -0.39 is 28.5 Å². The lowest BCUT2D eigenvalue weighted by Gasteiger charge is -2.33. The maximum atomic E-state index is 13.9. The number of amides is 2. The lowest BCUT2D eigenvalue weighted by Crippen LogP contribution is -2.52. The molecular weight excluding hydrogens is 545 g/mol. The van der Waals surface area contributed by atoms with Crippen LogP contribution in [0.1, 0.15) is 31.4 Å². The quantitative estimate of drug-likeness (QED) is 0.330. The van der Waals surface area contributed by atoms with Crippen LogP contribution in [0, 0.1) is 6.92 Å². The molecule has 1 unspecified atom stereocenters. The number of anilines is 1. The lowest BCUT2D eigenvalue weighted by molar-refractivity contribution is -0.140. The Hall–Kier alpha value is -3.07. The van der Waals surface area contributed by atoms with E-state index in [0.717, 1.165) is 15.4 Å². The van der Waals surface area contributed by atoms with Crippen LogP contribution in [0.5, 0.6) is 0 Å². The van der Waals surface area contributed by atoms with Crippen molar-refractivity contribution in [3.63, 3.8) is 0 Å². The zero-order valence-corrected chi connectivity index (χ0v) is 23.9. The van der Waals surface area contributed by atoms with Crippen LogP contribution in [0.15, 0.2) is 77.7 Å². The maximum Gasteiger partial charge on any atom is 0.264 e. The molecule has 2 amide bonds. The normalized spacial score (nSPS) is 12.0. The van der Waals surface area contributed by atoms with Crippen LogP contribution in [0.4, 0.5) is 5.69 Å². The second kappa shape index (κ2) is 13.1.